The number of aromatic nitrogens is 1. The molecule has 0 saturated heterocycles. The Bertz CT molecular complexity index is 720. The van der Waals surface area contributed by atoms with Crippen LogP contribution in [0.2, 0.25) is 0 Å². The second kappa shape index (κ2) is 5.02. The second-order valence-corrected chi connectivity index (χ2v) is 5.44. The summed E-state index contributed by atoms with van der Waals surface area (Å²) < 4.78 is 1.09. The molecule has 0 spiro atoms. The van der Waals surface area contributed by atoms with E-state index in [1.54, 1.807) is 0 Å². The highest BCUT2D eigenvalue weighted by molar-refractivity contribution is 9.10. The summed E-state index contributed by atoms with van der Waals surface area (Å²) in [4.78, 5) is 4.66. The number of benzene rings is 2. The molecule has 2 nitrogen and oxygen atoms in total. The van der Waals surface area contributed by atoms with E-state index in [-0.39, 0.29) is 0 Å². The van der Waals surface area contributed by atoms with Crippen LogP contribution in [0.3, 0.4) is 0 Å². The lowest BCUT2D eigenvalue weighted by Gasteiger charge is -2.05. The van der Waals surface area contributed by atoms with Gasteiger partial charge in [0, 0.05) is 22.0 Å². The molecule has 3 heteroatoms. The van der Waals surface area contributed by atoms with E-state index in [4.69, 9.17) is 5.73 Å². The molecule has 0 aliphatic heterocycles. The number of hydrogen-bond acceptors (Lipinski definition) is 2. The Morgan fingerprint density at radius 2 is 1.74 bits per heavy atom. The van der Waals surface area contributed by atoms with Gasteiger partial charge in [0.1, 0.15) is 0 Å². The van der Waals surface area contributed by atoms with Crippen LogP contribution in [-0.2, 0) is 6.42 Å². The van der Waals surface area contributed by atoms with Crippen molar-refractivity contribution in [1.82, 2.24) is 4.98 Å². The van der Waals surface area contributed by atoms with Gasteiger partial charge in [-0.05, 0) is 29.8 Å². The SMILES string of the molecule is Nc1cccc2ccc(Cc3ccc(Br)cc3)nc12. The summed E-state index contributed by atoms with van der Waals surface area (Å²) in [7, 11) is 0. The molecule has 1 aromatic heterocycles. The van der Waals surface area contributed by atoms with Gasteiger partial charge in [0.15, 0.2) is 0 Å². The summed E-state index contributed by atoms with van der Waals surface area (Å²) in [5, 5.41) is 1.08. The zero-order valence-corrected chi connectivity index (χ0v) is 11.9. The van der Waals surface area contributed by atoms with E-state index in [0.29, 0.717) is 0 Å². The molecule has 0 unspecified atom stereocenters. The molecule has 19 heavy (non-hydrogen) atoms. The number of fused-ring (bicyclic) bond motifs is 1. The minimum absolute atomic E-state index is 0.732. The molecular formula is C16H13BrN2. The van der Waals surface area contributed by atoms with E-state index in [1.807, 2.05) is 30.3 Å². The van der Waals surface area contributed by atoms with Crippen LogP contribution in [0.25, 0.3) is 10.9 Å². The molecule has 0 amide bonds. The number of nitrogen functional groups attached to an aromatic ring is 1. The number of nitrogens with two attached hydrogens (primary N) is 1. The Hall–Kier alpha value is -1.87. The van der Waals surface area contributed by atoms with Crippen molar-refractivity contribution in [3.05, 3.63) is 70.3 Å². The van der Waals surface area contributed by atoms with Crippen molar-refractivity contribution in [1.29, 1.82) is 0 Å². The first-order chi connectivity index (χ1) is 9.22. The molecule has 0 bridgehead atoms. The third-order valence-electron chi connectivity index (χ3n) is 3.11. The topological polar surface area (TPSA) is 38.9 Å². The fourth-order valence-corrected chi connectivity index (χ4v) is 2.38. The maximum atomic E-state index is 5.97. The van der Waals surface area contributed by atoms with Crippen LogP contribution in [0.15, 0.2) is 59.1 Å². The van der Waals surface area contributed by atoms with Gasteiger partial charge < -0.3 is 5.73 Å². The Morgan fingerprint density at radius 3 is 2.53 bits per heavy atom. The zero-order chi connectivity index (χ0) is 13.2. The number of rotatable bonds is 2. The molecule has 0 radical (unpaired) electrons. The molecule has 2 aromatic carbocycles. The van der Waals surface area contributed by atoms with Crippen molar-refractivity contribution < 1.29 is 0 Å². The molecule has 0 atom stereocenters. The number of pyridine rings is 1. The third-order valence-corrected chi connectivity index (χ3v) is 3.64. The smallest absolute Gasteiger partial charge is 0.0934 e. The van der Waals surface area contributed by atoms with Crippen LogP contribution < -0.4 is 5.73 Å². The molecule has 0 saturated carbocycles. The monoisotopic (exact) mass is 312 g/mol. The van der Waals surface area contributed by atoms with Gasteiger partial charge in [-0.15, -0.1) is 0 Å². The van der Waals surface area contributed by atoms with E-state index >= 15 is 0 Å². The van der Waals surface area contributed by atoms with Gasteiger partial charge in [-0.2, -0.15) is 0 Å². The number of para-hydroxylation sites is 1. The fourth-order valence-electron chi connectivity index (χ4n) is 2.12. The molecule has 1 heterocycles. The lowest BCUT2D eigenvalue weighted by molar-refractivity contribution is 1.10. The lowest BCUT2D eigenvalue weighted by atomic mass is 10.1. The first kappa shape index (κ1) is 12.2. The van der Waals surface area contributed by atoms with Gasteiger partial charge in [-0.1, -0.05) is 46.3 Å². The Kier molecular flexibility index (Phi) is 3.22. The minimum atomic E-state index is 0.732. The zero-order valence-electron chi connectivity index (χ0n) is 10.3. The van der Waals surface area contributed by atoms with Gasteiger partial charge in [-0.25, -0.2) is 0 Å². The van der Waals surface area contributed by atoms with Crippen LogP contribution >= 0.6 is 15.9 Å². The maximum absolute atomic E-state index is 5.97. The van der Waals surface area contributed by atoms with Gasteiger partial charge >= 0.3 is 0 Å². The largest absolute Gasteiger partial charge is 0.397 e. The van der Waals surface area contributed by atoms with Crippen molar-refractivity contribution in [2.24, 2.45) is 0 Å². The van der Waals surface area contributed by atoms with Gasteiger partial charge in [-0.3, -0.25) is 4.98 Å². The average molecular weight is 313 g/mol. The first-order valence-electron chi connectivity index (χ1n) is 6.11. The van der Waals surface area contributed by atoms with E-state index < -0.39 is 0 Å². The average Bonchev–Trinajstić information content (AvgIpc) is 2.42. The van der Waals surface area contributed by atoms with Crippen LogP contribution in [0, 0.1) is 0 Å². The van der Waals surface area contributed by atoms with Crippen LogP contribution in [0.1, 0.15) is 11.3 Å². The molecule has 2 N–H and O–H groups in total. The summed E-state index contributed by atoms with van der Waals surface area (Å²) >= 11 is 3.44. The summed E-state index contributed by atoms with van der Waals surface area (Å²) in [6.07, 6.45) is 0.817. The van der Waals surface area contributed by atoms with Crippen LogP contribution in [0.4, 0.5) is 5.69 Å². The highest BCUT2D eigenvalue weighted by Gasteiger charge is 2.02. The predicted octanol–water partition coefficient (Wildman–Crippen LogP) is 4.17. The van der Waals surface area contributed by atoms with Crippen LogP contribution in [-0.4, -0.2) is 4.98 Å². The van der Waals surface area contributed by atoms with Gasteiger partial charge in [0.2, 0.25) is 0 Å². The quantitative estimate of drug-likeness (QED) is 0.721. The fraction of sp³-hybridized carbons (Fsp3) is 0.0625. The molecular weight excluding hydrogens is 300 g/mol. The minimum Gasteiger partial charge on any atom is -0.397 e. The van der Waals surface area contributed by atoms with Crippen molar-refractivity contribution >= 4 is 32.5 Å². The van der Waals surface area contributed by atoms with E-state index in [2.05, 4.69) is 45.2 Å². The van der Waals surface area contributed by atoms with Gasteiger partial charge in [0.25, 0.3) is 0 Å². The van der Waals surface area contributed by atoms with E-state index in [1.165, 1.54) is 5.56 Å². The highest BCUT2D eigenvalue weighted by atomic mass is 79.9. The molecule has 94 valence electrons. The Labute approximate surface area is 120 Å². The summed E-state index contributed by atoms with van der Waals surface area (Å²) in [5.41, 5.74) is 9.86. The normalized spacial score (nSPS) is 10.8. The summed E-state index contributed by atoms with van der Waals surface area (Å²) in [5.74, 6) is 0. The molecule has 3 aromatic rings. The van der Waals surface area contributed by atoms with Crippen LogP contribution in [0.5, 0.6) is 0 Å². The van der Waals surface area contributed by atoms with Crippen molar-refractivity contribution in [3.8, 4) is 0 Å². The summed E-state index contributed by atoms with van der Waals surface area (Å²) in [6.45, 7) is 0. The number of halogens is 1. The molecule has 0 fully saturated rings. The summed E-state index contributed by atoms with van der Waals surface area (Å²) in [6, 6.07) is 18.3. The standard InChI is InChI=1S/C16H13BrN2/c17-13-7-4-11(5-8-13)10-14-9-6-12-2-1-3-15(18)16(12)19-14/h1-9H,10,18H2. The van der Waals surface area contributed by atoms with Crippen molar-refractivity contribution in [3.63, 3.8) is 0 Å². The predicted molar refractivity (Wildman–Crippen MR) is 83.1 cm³/mol. The van der Waals surface area contributed by atoms with E-state index in [0.717, 1.165) is 33.2 Å². The lowest BCUT2D eigenvalue weighted by Crippen LogP contribution is -1.95. The molecule has 3 rings (SSSR count). The molecule has 0 aliphatic carbocycles. The Morgan fingerprint density at radius 1 is 0.947 bits per heavy atom. The number of hydrogen-bond donors (Lipinski definition) is 1. The highest BCUT2D eigenvalue weighted by Crippen LogP contribution is 2.20. The number of anilines is 1. The van der Waals surface area contributed by atoms with E-state index in [9.17, 15) is 0 Å². The Balaban J connectivity index is 1.97. The van der Waals surface area contributed by atoms with Crippen molar-refractivity contribution in [2.75, 3.05) is 5.73 Å². The second-order valence-electron chi connectivity index (χ2n) is 4.52. The number of nitrogens with zero attached hydrogens (tertiary/aromatic N) is 1. The first-order valence-corrected chi connectivity index (χ1v) is 6.90. The van der Waals surface area contributed by atoms with Crippen molar-refractivity contribution in [2.45, 2.75) is 6.42 Å². The third kappa shape index (κ3) is 2.61. The molecule has 0 aliphatic rings. The van der Waals surface area contributed by atoms with Gasteiger partial charge in [0.05, 0.1) is 11.2 Å². The maximum Gasteiger partial charge on any atom is 0.0934 e.